The Balaban J connectivity index is 1.48. The Morgan fingerprint density at radius 2 is 2.26 bits per heavy atom. The molecule has 2 aliphatic heterocycles. The van der Waals surface area contributed by atoms with E-state index in [1.807, 2.05) is 0 Å². The van der Waals surface area contributed by atoms with Gasteiger partial charge in [-0.3, -0.25) is 9.59 Å². The summed E-state index contributed by atoms with van der Waals surface area (Å²) in [6.45, 7) is 2.56. The minimum absolute atomic E-state index is 0.0348. The normalized spacial score (nSPS) is 23.1. The van der Waals surface area contributed by atoms with Gasteiger partial charge >= 0.3 is 0 Å². The number of nitrogens with zero attached hydrogens (tertiary/aromatic N) is 1. The summed E-state index contributed by atoms with van der Waals surface area (Å²) in [4.78, 5) is 24.6. The van der Waals surface area contributed by atoms with E-state index in [4.69, 9.17) is 4.74 Å². The van der Waals surface area contributed by atoms with Crippen LogP contribution < -0.4 is 5.32 Å². The zero-order valence-corrected chi connectivity index (χ0v) is 11.5. The van der Waals surface area contributed by atoms with Gasteiger partial charge in [0, 0.05) is 26.1 Å². The molecule has 5 nitrogen and oxygen atoms in total. The van der Waals surface area contributed by atoms with Crippen molar-refractivity contribution in [2.75, 3.05) is 26.2 Å². The van der Waals surface area contributed by atoms with Gasteiger partial charge in [-0.25, -0.2) is 0 Å². The first-order valence-corrected chi connectivity index (χ1v) is 7.42. The Morgan fingerprint density at radius 3 is 2.95 bits per heavy atom. The maximum Gasteiger partial charge on any atom is 0.239 e. The molecule has 19 heavy (non-hydrogen) atoms. The SMILES string of the molecule is O=C(CN1CCCC1=O)NCCCC[C@H]1CCCO1. The number of rotatable bonds is 7. The lowest BCUT2D eigenvalue weighted by atomic mass is 10.1. The van der Waals surface area contributed by atoms with E-state index in [9.17, 15) is 9.59 Å². The second-order valence-electron chi connectivity index (χ2n) is 5.40. The largest absolute Gasteiger partial charge is 0.378 e. The second-order valence-corrected chi connectivity index (χ2v) is 5.40. The van der Waals surface area contributed by atoms with Crippen LogP contribution >= 0.6 is 0 Å². The molecule has 2 fully saturated rings. The summed E-state index contributed by atoms with van der Waals surface area (Å²) in [5, 5.41) is 2.88. The molecule has 2 aliphatic rings. The van der Waals surface area contributed by atoms with Crippen LogP contribution in [0.2, 0.25) is 0 Å². The van der Waals surface area contributed by atoms with Crippen LogP contribution in [0, 0.1) is 0 Å². The summed E-state index contributed by atoms with van der Waals surface area (Å²) >= 11 is 0. The standard InChI is InChI=1S/C14H24N2O3/c17-13(11-16-9-3-7-14(16)18)15-8-2-1-5-12-6-4-10-19-12/h12H,1-11H2,(H,15,17)/t12-/m0/s1. The molecule has 1 N–H and O–H groups in total. The quantitative estimate of drug-likeness (QED) is 0.703. The van der Waals surface area contributed by atoms with Crippen LogP contribution in [0.1, 0.15) is 44.9 Å². The van der Waals surface area contributed by atoms with Crippen molar-refractivity contribution in [3.63, 3.8) is 0 Å². The van der Waals surface area contributed by atoms with Gasteiger partial charge in [-0.1, -0.05) is 0 Å². The van der Waals surface area contributed by atoms with Gasteiger partial charge in [-0.15, -0.1) is 0 Å². The highest BCUT2D eigenvalue weighted by atomic mass is 16.5. The van der Waals surface area contributed by atoms with Crippen LogP contribution in [0.15, 0.2) is 0 Å². The van der Waals surface area contributed by atoms with Crippen molar-refractivity contribution in [2.45, 2.75) is 51.0 Å². The van der Waals surface area contributed by atoms with E-state index in [1.54, 1.807) is 4.90 Å². The maximum absolute atomic E-state index is 11.6. The lowest BCUT2D eigenvalue weighted by Gasteiger charge is -2.15. The summed E-state index contributed by atoms with van der Waals surface area (Å²) in [6.07, 6.45) is 7.46. The van der Waals surface area contributed by atoms with Crippen LogP contribution in [0.5, 0.6) is 0 Å². The molecule has 0 aromatic rings. The third kappa shape index (κ3) is 4.82. The van der Waals surface area contributed by atoms with Crippen molar-refractivity contribution >= 4 is 11.8 Å². The summed E-state index contributed by atoms with van der Waals surface area (Å²) < 4.78 is 5.55. The van der Waals surface area contributed by atoms with Crippen molar-refractivity contribution < 1.29 is 14.3 Å². The zero-order chi connectivity index (χ0) is 13.5. The van der Waals surface area contributed by atoms with Crippen LogP contribution in [0.3, 0.4) is 0 Å². The lowest BCUT2D eigenvalue weighted by Crippen LogP contribution is -2.38. The minimum atomic E-state index is -0.0348. The average Bonchev–Trinajstić information content (AvgIpc) is 3.02. The fraction of sp³-hybridized carbons (Fsp3) is 0.857. The summed E-state index contributed by atoms with van der Waals surface area (Å²) in [5.74, 6) is 0.0703. The monoisotopic (exact) mass is 268 g/mol. The van der Waals surface area contributed by atoms with Crippen molar-refractivity contribution in [1.29, 1.82) is 0 Å². The molecule has 0 bridgehead atoms. The van der Waals surface area contributed by atoms with Crippen LogP contribution in [0.25, 0.3) is 0 Å². The molecule has 2 rings (SSSR count). The van der Waals surface area contributed by atoms with E-state index in [0.29, 0.717) is 19.1 Å². The predicted octanol–water partition coefficient (Wildman–Crippen LogP) is 1.07. The third-order valence-electron chi connectivity index (χ3n) is 3.80. The highest BCUT2D eigenvalue weighted by Gasteiger charge is 2.22. The molecule has 2 heterocycles. The molecule has 0 aromatic heterocycles. The summed E-state index contributed by atoms with van der Waals surface area (Å²) in [7, 11) is 0. The lowest BCUT2D eigenvalue weighted by molar-refractivity contribution is -0.133. The Hall–Kier alpha value is -1.10. The number of hydrogen-bond donors (Lipinski definition) is 1. The Morgan fingerprint density at radius 1 is 1.37 bits per heavy atom. The molecule has 0 radical (unpaired) electrons. The van der Waals surface area contributed by atoms with E-state index in [2.05, 4.69) is 5.32 Å². The molecule has 0 unspecified atom stereocenters. The molecule has 1 atom stereocenters. The smallest absolute Gasteiger partial charge is 0.239 e. The van der Waals surface area contributed by atoms with Crippen LogP contribution in [-0.4, -0.2) is 49.1 Å². The topological polar surface area (TPSA) is 58.6 Å². The fourth-order valence-electron chi connectivity index (χ4n) is 2.70. The van der Waals surface area contributed by atoms with Gasteiger partial charge in [0.1, 0.15) is 0 Å². The van der Waals surface area contributed by atoms with Crippen molar-refractivity contribution in [3.8, 4) is 0 Å². The number of ether oxygens (including phenoxy) is 1. The summed E-state index contributed by atoms with van der Waals surface area (Å²) in [6, 6.07) is 0. The van der Waals surface area contributed by atoms with E-state index < -0.39 is 0 Å². The van der Waals surface area contributed by atoms with Gasteiger partial charge in [0.05, 0.1) is 12.6 Å². The molecular weight excluding hydrogens is 244 g/mol. The second kappa shape index (κ2) is 7.48. The van der Waals surface area contributed by atoms with E-state index >= 15 is 0 Å². The van der Waals surface area contributed by atoms with Crippen LogP contribution in [0.4, 0.5) is 0 Å². The molecule has 0 aliphatic carbocycles. The number of unbranched alkanes of at least 4 members (excludes halogenated alkanes) is 1. The predicted molar refractivity (Wildman–Crippen MR) is 71.6 cm³/mol. The number of hydrogen-bond acceptors (Lipinski definition) is 3. The van der Waals surface area contributed by atoms with E-state index in [-0.39, 0.29) is 18.4 Å². The molecular formula is C14H24N2O3. The van der Waals surface area contributed by atoms with Crippen molar-refractivity contribution in [3.05, 3.63) is 0 Å². The highest BCUT2D eigenvalue weighted by molar-refractivity contribution is 5.85. The van der Waals surface area contributed by atoms with Crippen molar-refractivity contribution in [2.24, 2.45) is 0 Å². The zero-order valence-electron chi connectivity index (χ0n) is 11.5. The third-order valence-corrected chi connectivity index (χ3v) is 3.80. The highest BCUT2D eigenvalue weighted by Crippen LogP contribution is 2.17. The summed E-state index contributed by atoms with van der Waals surface area (Å²) in [5.41, 5.74) is 0. The Bertz CT molecular complexity index is 314. The number of carbonyl (C=O) groups excluding carboxylic acids is 2. The number of amides is 2. The average molecular weight is 268 g/mol. The fourth-order valence-corrected chi connectivity index (χ4v) is 2.70. The minimum Gasteiger partial charge on any atom is -0.378 e. The number of carbonyl (C=O) groups is 2. The van der Waals surface area contributed by atoms with Gasteiger partial charge in [-0.05, 0) is 38.5 Å². The molecule has 5 heteroatoms. The molecule has 108 valence electrons. The first-order chi connectivity index (χ1) is 9.25. The van der Waals surface area contributed by atoms with Crippen molar-refractivity contribution in [1.82, 2.24) is 10.2 Å². The first-order valence-electron chi connectivity index (χ1n) is 7.42. The van der Waals surface area contributed by atoms with Gasteiger partial charge in [0.15, 0.2) is 0 Å². The van der Waals surface area contributed by atoms with Gasteiger partial charge < -0.3 is 15.0 Å². The first kappa shape index (κ1) is 14.3. The van der Waals surface area contributed by atoms with Crippen LogP contribution in [-0.2, 0) is 14.3 Å². The molecule has 2 amide bonds. The van der Waals surface area contributed by atoms with Gasteiger partial charge in [-0.2, -0.15) is 0 Å². The van der Waals surface area contributed by atoms with E-state index in [0.717, 1.165) is 38.8 Å². The van der Waals surface area contributed by atoms with E-state index in [1.165, 1.54) is 12.8 Å². The Labute approximate surface area is 114 Å². The number of nitrogens with one attached hydrogen (secondary N) is 1. The van der Waals surface area contributed by atoms with Gasteiger partial charge in [0.25, 0.3) is 0 Å². The number of likely N-dealkylation sites (tertiary alicyclic amines) is 1. The Kier molecular flexibility index (Phi) is 5.63. The molecule has 0 saturated carbocycles. The molecule has 2 saturated heterocycles. The molecule has 0 spiro atoms. The van der Waals surface area contributed by atoms with Gasteiger partial charge in [0.2, 0.25) is 11.8 Å². The maximum atomic E-state index is 11.6. The molecule has 0 aromatic carbocycles.